The lowest BCUT2D eigenvalue weighted by Crippen LogP contribution is -2.03. The van der Waals surface area contributed by atoms with Crippen LogP contribution in [0.1, 0.15) is 30.5 Å². The van der Waals surface area contributed by atoms with E-state index in [-0.39, 0.29) is 12.3 Å². The average Bonchev–Trinajstić information content (AvgIpc) is 2.08. The number of carboxylic acid groups (broad SMARTS) is 1. The van der Waals surface area contributed by atoms with Gasteiger partial charge in [0.25, 0.3) is 0 Å². The first-order valence-corrected chi connectivity index (χ1v) is 5.14. The highest BCUT2D eigenvalue weighted by Gasteiger charge is 2.11. The summed E-state index contributed by atoms with van der Waals surface area (Å²) in [5.41, 5.74) is 1.86. The standard InChI is InChI=1S/C10H12BrNO2/c1-6(3-10(13)14)8-4-9(11)7(2)12-5-8/h4-6H,3H2,1-2H3,(H,13,14). The summed E-state index contributed by atoms with van der Waals surface area (Å²) in [6.45, 7) is 3.78. The van der Waals surface area contributed by atoms with Crippen molar-refractivity contribution in [3.05, 3.63) is 28.0 Å². The number of aryl methyl sites for hydroxylation is 1. The molecule has 76 valence electrons. The summed E-state index contributed by atoms with van der Waals surface area (Å²) in [7, 11) is 0. The van der Waals surface area contributed by atoms with Gasteiger partial charge in [-0.1, -0.05) is 6.92 Å². The van der Waals surface area contributed by atoms with Crippen LogP contribution in [0.2, 0.25) is 0 Å². The number of rotatable bonds is 3. The molecule has 0 saturated heterocycles. The van der Waals surface area contributed by atoms with Crippen molar-refractivity contribution in [2.45, 2.75) is 26.2 Å². The van der Waals surface area contributed by atoms with Gasteiger partial charge in [0, 0.05) is 10.7 Å². The van der Waals surface area contributed by atoms with E-state index in [1.165, 1.54) is 0 Å². The fourth-order valence-corrected chi connectivity index (χ4v) is 1.54. The summed E-state index contributed by atoms with van der Waals surface area (Å²) in [6, 6.07) is 1.93. The van der Waals surface area contributed by atoms with Gasteiger partial charge < -0.3 is 5.11 Å². The highest BCUT2D eigenvalue weighted by atomic mass is 79.9. The largest absolute Gasteiger partial charge is 0.481 e. The highest BCUT2D eigenvalue weighted by molar-refractivity contribution is 9.10. The third-order valence-electron chi connectivity index (χ3n) is 2.10. The van der Waals surface area contributed by atoms with Gasteiger partial charge in [-0.2, -0.15) is 0 Å². The van der Waals surface area contributed by atoms with Crippen molar-refractivity contribution in [1.82, 2.24) is 4.98 Å². The zero-order chi connectivity index (χ0) is 10.7. The average molecular weight is 258 g/mol. The Bertz CT molecular complexity index is 352. The lowest BCUT2D eigenvalue weighted by Gasteiger charge is -2.09. The van der Waals surface area contributed by atoms with Crippen LogP contribution in [0, 0.1) is 6.92 Å². The van der Waals surface area contributed by atoms with E-state index >= 15 is 0 Å². The molecule has 0 aromatic carbocycles. The molecule has 0 bridgehead atoms. The summed E-state index contributed by atoms with van der Waals surface area (Å²) in [6.07, 6.45) is 1.87. The van der Waals surface area contributed by atoms with E-state index in [1.807, 2.05) is 19.9 Å². The molecule has 1 aromatic rings. The maximum Gasteiger partial charge on any atom is 0.303 e. The summed E-state index contributed by atoms with van der Waals surface area (Å²) in [4.78, 5) is 14.7. The van der Waals surface area contributed by atoms with E-state index in [0.717, 1.165) is 15.7 Å². The van der Waals surface area contributed by atoms with Crippen molar-refractivity contribution in [2.75, 3.05) is 0 Å². The highest BCUT2D eigenvalue weighted by Crippen LogP contribution is 2.23. The summed E-state index contributed by atoms with van der Waals surface area (Å²) >= 11 is 3.37. The number of hydrogen-bond acceptors (Lipinski definition) is 2. The lowest BCUT2D eigenvalue weighted by atomic mass is 10.00. The predicted octanol–water partition coefficient (Wildman–Crippen LogP) is 2.73. The van der Waals surface area contributed by atoms with Gasteiger partial charge in [0.05, 0.1) is 12.1 Å². The molecule has 0 fully saturated rings. The third kappa shape index (κ3) is 2.80. The van der Waals surface area contributed by atoms with Gasteiger partial charge in [0.1, 0.15) is 0 Å². The molecule has 1 heterocycles. The number of aromatic nitrogens is 1. The minimum absolute atomic E-state index is 0.00287. The van der Waals surface area contributed by atoms with Crippen LogP contribution in [-0.2, 0) is 4.79 Å². The molecule has 4 heteroatoms. The molecule has 1 aromatic heterocycles. The molecule has 0 radical (unpaired) electrons. The van der Waals surface area contributed by atoms with Crippen molar-refractivity contribution < 1.29 is 9.90 Å². The molecule has 14 heavy (non-hydrogen) atoms. The van der Waals surface area contributed by atoms with Crippen molar-refractivity contribution in [3.63, 3.8) is 0 Å². The first-order chi connectivity index (χ1) is 6.50. The molecule has 0 amide bonds. The summed E-state index contributed by atoms with van der Waals surface area (Å²) < 4.78 is 0.923. The Morgan fingerprint density at radius 2 is 2.36 bits per heavy atom. The van der Waals surface area contributed by atoms with E-state index < -0.39 is 5.97 Å². The van der Waals surface area contributed by atoms with Crippen LogP contribution in [-0.4, -0.2) is 16.1 Å². The second-order valence-corrected chi connectivity index (χ2v) is 4.19. The van der Waals surface area contributed by atoms with E-state index in [9.17, 15) is 4.79 Å². The molecule has 0 aliphatic heterocycles. The number of hydrogen-bond donors (Lipinski definition) is 1. The van der Waals surface area contributed by atoms with Gasteiger partial charge in [-0.3, -0.25) is 9.78 Å². The summed E-state index contributed by atoms with van der Waals surface area (Å²) in [5, 5.41) is 8.64. The molecular weight excluding hydrogens is 246 g/mol. The molecule has 0 saturated carbocycles. The normalized spacial score (nSPS) is 12.5. The van der Waals surface area contributed by atoms with Crippen LogP contribution in [0.25, 0.3) is 0 Å². The van der Waals surface area contributed by atoms with Crippen molar-refractivity contribution in [1.29, 1.82) is 0 Å². The lowest BCUT2D eigenvalue weighted by molar-refractivity contribution is -0.137. The van der Waals surface area contributed by atoms with E-state index in [2.05, 4.69) is 20.9 Å². The first kappa shape index (κ1) is 11.2. The first-order valence-electron chi connectivity index (χ1n) is 4.34. The van der Waals surface area contributed by atoms with Gasteiger partial charge in [-0.15, -0.1) is 0 Å². The van der Waals surface area contributed by atoms with Crippen LogP contribution in [0.15, 0.2) is 16.7 Å². The molecule has 1 N–H and O–H groups in total. The van der Waals surface area contributed by atoms with Gasteiger partial charge in [0.2, 0.25) is 0 Å². The van der Waals surface area contributed by atoms with E-state index in [0.29, 0.717) is 0 Å². The zero-order valence-corrected chi connectivity index (χ0v) is 9.71. The van der Waals surface area contributed by atoms with E-state index in [4.69, 9.17) is 5.11 Å². The van der Waals surface area contributed by atoms with Crippen molar-refractivity contribution >= 4 is 21.9 Å². The molecular formula is C10H12BrNO2. The van der Waals surface area contributed by atoms with Crippen LogP contribution < -0.4 is 0 Å². The Balaban J connectivity index is 2.85. The van der Waals surface area contributed by atoms with Crippen LogP contribution in [0.4, 0.5) is 0 Å². The minimum Gasteiger partial charge on any atom is -0.481 e. The van der Waals surface area contributed by atoms with Crippen LogP contribution in [0.5, 0.6) is 0 Å². The van der Waals surface area contributed by atoms with E-state index in [1.54, 1.807) is 6.20 Å². The maximum atomic E-state index is 10.5. The zero-order valence-electron chi connectivity index (χ0n) is 8.12. The molecule has 3 nitrogen and oxygen atoms in total. The molecule has 1 rings (SSSR count). The monoisotopic (exact) mass is 257 g/mol. The third-order valence-corrected chi connectivity index (χ3v) is 2.90. The number of nitrogens with zero attached hydrogens (tertiary/aromatic N) is 1. The second kappa shape index (κ2) is 4.55. The fourth-order valence-electron chi connectivity index (χ4n) is 1.17. The smallest absolute Gasteiger partial charge is 0.303 e. The van der Waals surface area contributed by atoms with Crippen molar-refractivity contribution in [3.8, 4) is 0 Å². The number of carbonyl (C=O) groups is 1. The maximum absolute atomic E-state index is 10.5. The van der Waals surface area contributed by atoms with Gasteiger partial charge in [-0.05, 0) is 40.4 Å². The summed E-state index contributed by atoms with van der Waals surface area (Å²) in [5.74, 6) is -0.786. The number of pyridine rings is 1. The molecule has 0 aliphatic rings. The van der Waals surface area contributed by atoms with Gasteiger partial charge in [0.15, 0.2) is 0 Å². The topological polar surface area (TPSA) is 50.2 Å². The number of carboxylic acids is 1. The minimum atomic E-state index is -0.783. The number of halogens is 1. The van der Waals surface area contributed by atoms with Crippen LogP contribution >= 0.6 is 15.9 Å². The molecule has 0 spiro atoms. The molecule has 0 aliphatic carbocycles. The molecule has 1 atom stereocenters. The predicted molar refractivity (Wildman–Crippen MR) is 57.3 cm³/mol. The Morgan fingerprint density at radius 3 is 2.86 bits per heavy atom. The Morgan fingerprint density at radius 1 is 1.71 bits per heavy atom. The Hall–Kier alpha value is -0.900. The second-order valence-electron chi connectivity index (χ2n) is 3.33. The number of aliphatic carboxylic acids is 1. The van der Waals surface area contributed by atoms with Crippen molar-refractivity contribution in [2.24, 2.45) is 0 Å². The SMILES string of the molecule is Cc1ncc(C(C)CC(=O)O)cc1Br. The van der Waals surface area contributed by atoms with Gasteiger partial charge in [-0.25, -0.2) is 0 Å². The fraction of sp³-hybridized carbons (Fsp3) is 0.400. The van der Waals surface area contributed by atoms with Gasteiger partial charge >= 0.3 is 5.97 Å². The van der Waals surface area contributed by atoms with Crippen LogP contribution in [0.3, 0.4) is 0 Å². The Labute approximate surface area is 91.3 Å². The quantitative estimate of drug-likeness (QED) is 0.906. The molecule has 1 unspecified atom stereocenters. The Kier molecular flexibility index (Phi) is 3.63.